The van der Waals surface area contributed by atoms with E-state index in [2.05, 4.69) is 28.5 Å². The van der Waals surface area contributed by atoms with Crippen molar-refractivity contribution in [3.63, 3.8) is 0 Å². The molecule has 3 aromatic rings. The summed E-state index contributed by atoms with van der Waals surface area (Å²) in [6.07, 6.45) is 0. The summed E-state index contributed by atoms with van der Waals surface area (Å²) < 4.78 is 28.7. The first-order valence-electron chi connectivity index (χ1n) is 9.01. The number of benzene rings is 2. The van der Waals surface area contributed by atoms with Gasteiger partial charge in [-0.3, -0.25) is 0 Å². The van der Waals surface area contributed by atoms with Crippen molar-refractivity contribution in [3.05, 3.63) is 64.1 Å². The zero-order chi connectivity index (χ0) is 19.8. The third-order valence-corrected chi connectivity index (χ3v) is 6.15. The molecule has 6 nitrogen and oxygen atoms in total. The number of nitrogens with one attached hydrogen (secondary N) is 3. The van der Waals surface area contributed by atoms with Crippen molar-refractivity contribution in [3.8, 4) is 0 Å². The van der Waals surface area contributed by atoms with Gasteiger partial charge < -0.3 is 9.97 Å². The minimum absolute atomic E-state index is 0.0699. The summed E-state index contributed by atoms with van der Waals surface area (Å²) in [5, 5.41) is 0. The average molecular weight is 388 g/mol. The molecule has 0 aliphatic heterocycles. The zero-order valence-corrected chi connectivity index (χ0v) is 16.7. The van der Waals surface area contributed by atoms with Crippen LogP contribution in [0, 0.1) is 5.92 Å². The maximum absolute atomic E-state index is 12.9. The van der Waals surface area contributed by atoms with E-state index in [1.165, 1.54) is 17.7 Å². The van der Waals surface area contributed by atoms with Gasteiger partial charge in [-0.2, -0.15) is 0 Å². The quantitative estimate of drug-likeness (QED) is 0.602. The molecule has 0 spiro atoms. The number of aromatic nitrogens is 2. The van der Waals surface area contributed by atoms with Crippen LogP contribution in [0.15, 0.2) is 52.2 Å². The minimum Gasteiger partial charge on any atom is -0.306 e. The van der Waals surface area contributed by atoms with Crippen molar-refractivity contribution in [2.45, 2.75) is 44.6 Å². The van der Waals surface area contributed by atoms with Crippen molar-refractivity contribution in [2.24, 2.45) is 5.92 Å². The van der Waals surface area contributed by atoms with Crippen molar-refractivity contribution >= 4 is 21.1 Å². The predicted molar refractivity (Wildman–Crippen MR) is 107 cm³/mol. The largest absolute Gasteiger partial charge is 0.323 e. The standard InChI is InChI=1S/C20H25N3O3S/c1-12(2)14-5-7-15(8-6-14)19(13(3)4)23-27(25,26)16-9-10-17-18(11-16)22-20(24)21-17/h5-13,19,23H,1-4H3,(H2,21,22,24)/t19-/m0/s1. The third-order valence-electron chi connectivity index (χ3n) is 4.71. The molecule has 1 aromatic heterocycles. The second-order valence-electron chi connectivity index (χ2n) is 7.45. The fraction of sp³-hybridized carbons (Fsp3) is 0.350. The lowest BCUT2D eigenvalue weighted by molar-refractivity contribution is 0.463. The van der Waals surface area contributed by atoms with E-state index >= 15 is 0 Å². The van der Waals surface area contributed by atoms with Crippen LogP contribution >= 0.6 is 0 Å². The average Bonchev–Trinajstić information content (AvgIpc) is 2.98. The molecule has 0 saturated heterocycles. The highest BCUT2D eigenvalue weighted by Gasteiger charge is 2.24. The second kappa shape index (κ2) is 7.32. The van der Waals surface area contributed by atoms with Crippen LogP contribution in [-0.4, -0.2) is 18.4 Å². The lowest BCUT2D eigenvalue weighted by atomic mass is 9.94. The predicted octanol–water partition coefficient (Wildman–Crippen LogP) is 3.66. The van der Waals surface area contributed by atoms with Crippen molar-refractivity contribution < 1.29 is 8.42 Å². The summed E-state index contributed by atoms with van der Waals surface area (Å²) in [7, 11) is -3.75. The highest BCUT2D eigenvalue weighted by atomic mass is 32.2. The topological polar surface area (TPSA) is 94.8 Å². The van der Waals surface area contributed by atoms with Crippen LogP contribution in [0.1, 0.15) is 50.8 Å². The lowest BCUT2D eigenvalue weighted by Crippen LogP contribution is -2.31. The Morgan fingerprint density at radius 2 is 1.44 bits per heavy atom. The van der Waals surface area contributed by atoms with E-state index in [1.54, 1.807) is 6.07 Å². The maximum atomic E-state index is 12.9. The Hall–Kier alpha value is -2.38. The molecule has 27 heavy (non-hydrogen) atoms. The Balaban J connectivity index is 1.93. The summed E-state index contributed by atoms with van der Waals surface area (Å²) in [5.41, 5.74) is 2.81. The molecule has 0 aliphatic carbocycles. The third kappa shape index (κ3) is 4.14. The van der Waals surface area contributed by atoms with E-state index in [4.69, 9.17) is 0 Å². The summed E-state index contributed by atoms with van der Waals surface area (Å²) in [6, 6.07) is 12.2. The molecule has 0 bridgehead atoms. The number of H-pyrrole nitrogens is 2. The van der Waals surface area contributed by atoms with Gasteiger partial charge >= 0.3 is 5.69 Å². The number of hydrogen-bond acceptors (Lipinski definition) is 3. The highest BCUT2D eigenvalue weighted by Crippen LogP contribution is 2.26. The zero-order valence-electron chi connectivity index (χ0n) is 15.9. The van der Waals surface area contributed by atoms with Gasteiger partial charge in [0, 0.05) is 6.04 Å². The molecule has 0 unspecified atom stereocenters. The van der Waals surface area contributed by atoms with Gasteiger partial charge in [0.25, 0.3) is 0 Å². The molecule has 1 atom stereocenters. The number of sulfonamides is 1. The molecule has 0 aliphatic rings. The smallest absolute Gasteiger partial charge is 0.306 e. The van der Waals surface area contributed by atoms with E-state index in [9.17, 15) is 13.2 Å². The fourth-order valence-electron chi connectivity index (χ4n) is 3.09. The van der Waals surface area contributed by atoms with Crippen molar-refractivity contribution in [1.29, 1.82) is 0 Å². The summed E-state index contributed by atoms with van der Waals surface area (Å²) in [4.78, 5) is 16.7. The van der Waals surface area contributed by atoms with Gasteiger partial charge in [-0.05, 0) is 41.2 Å². The van der Waals surface area contributed by atoms with E-state index in [0.29, 0.717) is 17.0 Å². The molecule has 7 heteroatoms. The lowest BCUT2D eigenvalue weighted by Gasteiger charge is -2.23. The van der Waals surface area contributed by atoms with Gasteiger partial charge in [0.05, 0.1) is 15.9 Å². The molecule has 1 heterocycles. The van der Waals surface area contributed by atoms with Gasteiger partial charge in [0.15, 0.2) is 0 Å². The van der Waals surface area contributed by atoms with Gasteiger partial charge in [0.2, 0.25) is 10.0 Å². The Kier molecular flexibility index (Phi) is 5.26. The molecule has 3 rings (SSSR count). The Morgan fingerprint density at radius 3 is 2.04 bits per heavy atom. The Labute approximate surface area is 159 Å². The van der Waals surface area contributed by atoms with Gasteiger partial charge in [0.1, 0.15) is 0 Å². The molecule has 0 radical (unpaired) electrons. The number of imidazole rings is 1. The van der Waals surface area contributed by atoms with Crippen LogP contribution in [-0.2, 0) is 10.0 Å². The van der Waals surface area contributed by atoms with E-state index < -0.39 is 10.0 Å². The van der Waals surface area contributed by atoms with Gasteiger partial charge in [-0.25, -0.2) is 17.9 Å². The molecule has 0 saturated carbocycles. The molecule has 0 fully saturated rings. The fourth-order valence-corrected chi connectivity index (χ4v) is 4.49. The molecule has 144 valence electrons. The first-order valence-corrected chi connectivity index (χ1v) is 10.5. The van der Waals surface area contributed by atoms with Gasteiger partial charge in [-0.1, -0.05) is 52.0 Å². The van der Waals surface area contributed by atoms with Crippen LogP contribution in [0.5, 0.6) is 0 Å². The number of fused-ring (bicyclic) bond motifs is 1. The molecule has 3 N–H and O–H groups in total. The normalized spacial score (nSPS) is 13.6. The van der Waals surface area contributed by atoms with Crippen LogP contribution < -0.4 is 10.4 Å². The molecule has 0 amide bonds. The van der Waals surface area contributed by atoms with Crippen LogP contribution in [0.25, 0.3) is 11.0 Å². The Morgan fingerprint density at radius 1 is 0.852 bits per heavy atom. The van der Waals surface area contributed by atoms with Gasteiger partial charge in [-0.15, -0.1) is 0 Å². The first kappa shape index (κ1) is 19.4. The molecular weight excluding hydrogens is 362 g/mol. The van der Waals surface area contributed by atoms with Crippen molar-refractivity contribution in [1.82, 2.24) is 14.7 Å². The maximum Gasteiger partial charge on any atom is 0.323 e. The SMILES string of the molecule is CC(C)c1ccc([C@@H](NS(=O)(=O)c2ccc3[nH]c(=O)[nH]c3c2)C(C)C)cc1. The first-order chi connectivity index (χ1) is 12.7. The van der Waals surface area contributed by atoms with E-state index in [0.717, 1.165) is 5.56 Å². The highest BCUT2D eigenvalue weighted by molar-refractivity contribution is 7.89. The summed E-state index contributed by atoms with van der Waals surface area (Å²) in [6.45, 7) is 8.21. The minimum atomic E-state index is -3.75. The Bertz CT molecular complexity index is 1090. The van der Waals surface area contributed by atoms with Crippen molar-refractivity contribution in [2.75, 3.05) is 0 Å². The monoisotopic (exact) mass is 387 g/mol. The van der Waals surface area contributed by atoms with Crippen LogP contribution in [0.3, 0.4) is 0 Å². The molecule has 2 aromatic carbocycles. The van der Waals surface area contributed by atoms with Crippen LogP contribution in [0.4, 0.5) is 0 Å². The van der Waals surface area contributed by atoms with Crippen LogP contribution in [0.2, 0.25) is 0 Å². The summed E-state index contributed by atoms with van der Waals surface area (Å²) in [5.74, 6) is 0.490. The molecular formula is C20H25N3O3S. The summed E-state index contributed by atoms with van der Waals surface area (Å²) >= 11 is 0. The second-order valence-corrected chi connectivity index (χ2v) is 9.16. The van der Waals surface area contributed by atoms with E-state index in [-0.39, 0.29) is 22.5 Å². The number of rotatable bonds is 6. The number of aromatic amines is 2. The van der Waals surface area contributed by atoms with E-state index in [1.807, 2.05) is 38.1 Å². The number of hydrogen-bond donors (Lipinski definition) is 3.